The Balaban J connectivity index is 1.43. The van der Waals surface area contributed by atoms with Crippen LogP contribution in [-0.4, -0.2) is 0 Å². The lowest BCUT2D eigenvalue weighted by atomic mass is 9.77. The van der Waals surface area contributed by atoms with Crippen molar-refractivity contribution in [2.45, 2.75) is 19.3 Å². The molecule has 0 aliphatic heterocycles. The second-order valence-corrected chi connectivity index (χ2v) is 11.6. The van der Waals surface area contributed by atoms with Crippen LogP contribution in [0.25, 0.3) is 0 Å². The second kappa shape index (κ2) is 13.0. The van der Waals surface area contributed by atoms with Crippen molar-refractivity contribution in [3.63, 3.8) is 0 Å². The molecule has 236 valence electrons. The smallest absolute Gasteiger partial charge is 0.135 e. The van der Waals surface area contributed by atoms with Crippen LogP contribution in [-0.2, 0) is 5.41 Å². The van der Waals surface area contributed by atoms with E-state index in [4.69, 9.17) is 41.9 Å². The van der Waals surface area contributed by atoms with Crippen molar-refractivity contribution >= 4 is 22.7 Å². The molecule has 0 aliphatic carbocycles. The van der Waals surface area contributed by atoms with Gasteiger partial charge in [0.25, 0.3) is 0 Å². The van der Waals surface area contributed by atoms with Gasteiger partial charge in [0.15, 0.2) is 0 Å². The van der Waals surface area contributed by atoms with Crippen molar-refractivity contribution in [3.8, 4) is 46.0 Å². The molecule has 0 spiro atoms. The number of benzene rings is 6. The number of nitrogens with two attached hydrogens (primary N) is 4. The van der Waals surface area contributed by atoms with Gasteiger partial charge in [-0.15, -0.1) is 0 Å². The van der Waals surface area contributed by atoms with Gasteiger partial charge in [-0.1, -0.05) is 38.1 Å². The maximum absolute atomic E-state index is 6.51. The van der Waals surface area contributed by atoms with Gasteiger partial charge in [-0.05, 0) is 84.9 Å². The average Bonchev–Trinajstić information content (AvgIpc) is 3.03. The van der Waals surface area contributed by atoms with Gasteiger partial charge in [0.05, 0.1) is 0 Å². The fourth-order valence-corrected chi connectivity index (χ4v) is 5.23. The minimum Gasteiger partial charge on any atom is -0.457 e. The standard InChI is InChI=1S/C39H36N4O4/c1-39(2,35-19-17-33(44-31-7-3-5-27(42)21-31)23-37(35)46-29-13-9-25(40)10-14-29)36-20-18-34(45-32-8-4-6-28(43)22-32)24-38(36)47-30-15-11-26(41)12-16-30/h3-24H,40-43H2,1-2H3. The van der Waals surface area contributed by atoms with Crippen LogP contribution in [0.5, 0.6) is 46.0 Å². The third-order valence-electron chi connectivity index (χ3n) is 7.66. The minimum atomic E-state index is -0.641. The van der Waals surface area contributed by atoms with Crippen LogP contribution in [0.15, 0.2) is 133 Å². The topological polar surface area (TPSA) is 141 Å². The van der Waals surface area contributed by atoms with Crippen LogP contribution in [0, 0.1) is 0 Å². The van der Waals surface area contributed by atoms with Crippen molar-refractivity contribution in [2.24, 2.45) is 0 Å². The molecule has 6 aromatic carbocycles. The van der Waals surface area contributed by atoms with Gasteiger partial charge in [-0.3, -0.25) is 0 Å². The molecule has 0 aliphatic rings. The number of hydrogen-bond donors (Lipinski definition) is 4. The molecular formula is C39H36N4O4. The molecule has 0 heterocycles. The van der Waals surface area contributed by atoms with Crippen LogP contribution < -0.4 is 41.9 Å². The van der Waals surface area contributed by atoms with Crippen LogP contribution in [0.4, 0.5) is 22.7 Å². The Morgan fingerprint density at radius 1 is 0.362 bits per heavy atom. The molecular weight excluding hydrogens is 588 g/mol. The van der Waals surface area contributed by atoms with Crippen LogP contribution >= 0.6 is 0 Å². The monoisotopic (exact) mass is 624 g/mol. The maximum Gasteiger partial charge on any atom is 0.135 e. The van der Waals surface area contributed by atoms with Crippen molar-refractivity contribution in [1.82, 2.24) is 0 Å². The summed E-state index contributed by atoms with van der Waals surface area (Å²) in [6.45, 7) is 4.22. The molecule has 8 nitrogen and oxygen atoms in total. The van der Waals surface area contributed by atoms with Gasteiger partial charge in [-0.2, -0.15) is 0 Å². The summed E-state index contributed by atoms with van der Waals surface area (Å²) in [6, 6.07) is 40.6. The molecule has 6 aromatic rings. The molecule has 0 fully saturated rings. The number of nitrogen functional groups attached to an aromatic ring is 4. The molecule has 8 heteroatoms. The van der Waals surface area contributed by atoms with E-state index in [0.717, 1.165) is 11.1 Å². The molecule has 0 radical (unpaired) electrons. The largest absolute Gasteiger partial charge is 0.457 e. The van der Waals surface area contributed by atoms with Gasteiger partial charge in [0.2, 0.25) is 0 Å². The van der Waals surface area contributed by atoms with Gasteiger partial charge in [0.1, 0.15) is 46.0 Å². The summed E-state index contributed by atoms with van der Waals surface area (Å²) in [5.41, 5.74) is 27.5. The summed E-state index contributed by atoms with van der Waals surface area (Å²) < 4.78 is 25.4. The Kier molecular flexibility index (Phi) is 8.49. The lowest BCUT2D eigenvalue weighted by molar-refractivity contribution is 0.433. The highest BCUT2D eigenvalue weighted by atomic mass is 16.5. The third-order valence-corrected chi connectivity index (χ3v) is 7.66. The van der Waals surface area contributed by atoms with E-state index < -0.39 is 5.41 Å². The summed E-state index contributed by atoms with van der Waals surface area (Å²) in [6.07, 6.45) is 0. The molecule has 0 saturated heterocycles. The lowest BCUT2D eigenvalue weighted by Gasteiger charge is -2.30. The van der Waals surface area contributed by atoms with E-state index in [-0.39, 0.29) is 0 Å². The highest BCUT2D eigenvalue weighted by Crippen LogP contribution is 2.46. The van der Waals surface area contributed by atoms with Crippen molar-refractivity contribution in [1.29, 1.82) is 0 Å². The van der Waals surface area contributed by atoms with Crippen molar-refractivity contribution in [2.75, 3.05) is 22.9 Å². The van der Waals surface area contributed by atoms with E-state index >= 15 is 0 Å². The maximum atomic E-state index is 6.51. The zero-order valence-electron chi connectivity index (χ0n) is 26.1. The van der Waals surface area contributed by atoms with Gasteiger partial charge >= 0.3 is 0 Å². The first-order valence-corrected chi connectivity index (χ1v) is 15.0. The van der Waals surface area contributed by atoms with Gasteiger partial charge in [0, 0.05) is 63.6 Å². The van der Waals surface area contributed by atoms with Crippen molar-refractivity contribution < 1.29 is 18.9 Å². The molecule has 0 amide bonds. The fraction of sp³-hybridized carbons (Fsp3) is 0.0769. The number of ether oxygens (including phenoxy) is 4. The molecule has 0 saturated carbocycles. The zero-order chi connectivity index (χ0) is 33.0. The summed E-state index contributed by atoms with van der Waals surface area (Å²) in [4.78, 5) is 0. The molecule has 47 heavy (non-hydrogen) atoms. The van der Waals surface area contributed by atoms with E-state index in [1.54, 1.807) is 36.4 Å². The average molecular weight is 625 g/mol. The van der Waals surface area contributed by atoms with Crippen molar-refractivity contribution in [3.05, 3.63) is 145 Å². The molecule has 8 N–H and O–H groups in total. The Bertz CT molecular complexity index is 1860. The predicted molar refractivity (Wildman–Crippen MR) is 189 cm³/mol. The van der Waals surface area contributed by atoms with E-state index in [0.29, 0.717) is 68.7 Å². The molecule has 0 aromatic heterocycles. The van der Waals surface area contributed by atoms with Crippen LogP contribution in [0.3, 0.4) is 0 Å². The Morgan fingerprint density at radius 3 is 1.11 bits per heavy atom. The Hall–Kier alpha value is -6.28. The Morgan fingerprint density at radius 2 is 0.723 bits per heavy atom. The van der Waals surface area contributed by atoms with E-state index in [1.165, 1.54) is 0 Å². The van der Waals surface area contributed by atoms with E-state index in [9.17, 15) is 0 Å². The number of hydrogen-bond acceptors (Lipinski definition) is 8. The quantitative estimate of drug-likeness (QED) is 0.110. The van der Waals surface area contributed by atoms with E-state index in [1.807, 2.05) is 97.1 Å². The molecule has 0 bridgehead atoms. The highest BCUT2D eigenvalue weighted by molar-refractivity contribution is 5.58. The third kappa shape index (κ3) is 7.34. The van der Waals surface area contributed by atoms with Gasteiger partial charge in [-0.25, -0.2) is 0 Å². The second-order valence-electron chi connectivity index (χ2n) is 11.6. The molecule has 0 atom stereocenters. The summed E-state index contributed by atoms with van der Waals surface area (Å²) >= 11 is 0. The SMILES string of the molecule is CC(C)(c1ccc(Oc2cccc(N)c2)cc1Oc1ccc(N)cc1)c1ccc(Oc2cccc(N)c2)cc1Oc1ccc(N)cc1. The Labute approximate surface area is 274 Å². The number of anilines is 4. The predicted octanol–water partition coefficient (Wildman–Crippen LogP) is 9.51. The summed E-state index contributed by atoms with van der Waals surface area (Å²) in [7, 11) is 0. The summed E-state index contributed by atoms with van der Waals surface area (Å²) in [5, 5.41) is 0. The normalized spacial score (nSPS) is 11.1. The summed E-state index contributed by atoms with van der Waals surface area (Å²) in [5.74, 6) is 4.85. The lowest BCUT2D eigenvalue weighted by Crippen LogP contribution is -2.21. The first-order chi connectivity index (χ1) is 22.6. The molecule has 0 unspecified atom stereocenters. The highest BCUT2D eigenvalue weighted by Gasteiger charge is 2.31. The van der Waals surface area contributed by atoms with Crippen LogP contribution in [0.1, 0.15) is 25.0 Å². The fourth-order valence-electron chi connectivity index (χ4n) is 5.23. The first kappa shape index (κ1) is 30.7. The number of rotatable bonds is 10. The first-order valence-electron chi connectivity index (χ1n) is 15.0. The zero-order valence-corrected chi connectivity index (χ0v) is 26.1. The van der Waals surface area contributed by atoms with E-state index in [2.05, 4.69) is 13.8 Å². The van der Waals surface area contributed by atoms with Crippen LogP contribution in [0.2, 0.25) is 0 Å². The molecule has 6 rings (SSSR count). The minimum absolute atomic E-state index is 0.588. The van der Waals surface area contributed by atoms with Gasteiger partial charge < -0.3 is 41.9 Å².